The molecule has 2 aromatic carbocycles. The monoisotopic (exact) mass is 686 g/mol. The predicted octanol–water partition coefficient (Wildman–Crippen LogP) is 3.61. The minimum Gasteiger partial charge on any atom is -0.369 e. The zero-order valence-electron chi connectivity index (χ0n) is 28.2. The largest absolute Gasteiger partial charge is 0.369 e. The molecule has 3 aliphatic rings. The second kappa shape index (κ2) is 13.4. The highest BCUT2D eigenvalue weighted by Gasteiger charge is 2.26. The third-order valence-electron chi connectivity index (χ3n) is 9.77. The van der Waals surface area contributed by atoms with Crippen molar-refractivity contribution < 1.29 is 19.2 Å². The first-order chi connectivity index (χ1) is 24.8. The van der Waals surface area contributed by atoms with Crippen LogP contribution in [0.3, 0.4) is 0 Å². The van der Waals surface area contributed by atoms with Crippen molar-refractivity contribution in [2.24, 2.45) is 0 Å². The van der Waals surface area contributed by atoms with Crippen molar-refractivity contribution in [3.05, 3.63) is 102 Å². The number of amides is 5. The molecule has 2 fully saturated rings. The lowest BCUT2D eigenvalue weighted by molar-refractivity contribution is -0.120. The van der Waals surface area contributed by atoms with E-state index >= 15 is 0 Å². The number of hydrogen-bond acceptors (Lipinski definition) is 8. The Hall–Kier alpha value is -6.02. The Labute approximate surface area is 294 Å². The Bertz CT molecular complexity index is 2130. The highest BCUT2D eigenvalue weighted by atomic mass is 16.2. The number of hydrogen-bond donors (Lipinski definition) is 3. The van der Waals surface area contributed by atoms with Crippen molar-refractivity contribution >= 4 is 51.8 Å². The Morgan fingerprint density at radius 3 is 2.35 bits per heavy atom. The van der Waals surface area contributed by atoms with Gasteiger partial charge in [0.15, 0.2) is 0 Å². The molecule has 0 aliphatic carbocycles. The first kappa shape index (κ1) is 32.2. The van der Waals surface area contributed by atoms with Crippen LogP contribution in [0.4, 0.5) is 21.9 Å². The lowest BCUT2D eigenvalue weighted by atomic mass is 10.1. The summed E-state index contributed by atoms with van der Waals surface area (Å²) in [5.41, 5.74) is 6.27. The van der Waals surface area contributed by atoms with Gasteiger partial charge >= 0.3 is 6.03 Å². The third-order valence-corrected chi connectivity index (χ3v) is 9.77. The fourth-order valence-electron chi connectivity index (χ4n) is 6.99. The van der Waals surface area contributed by atoms with Crippen LogP contribution < -0.4 is 25.8 Å². The lowest BCUT2D eigenvalue weighted by Crippen LogP contribution is -2.49. The van der Waals surface area contributed by atoms with E-state index in [4.69, 9.17) is 0 Å². The molecule has 0 radical (unpaired) electrons. The van der Waals surface area contributed by atoms with Gasteiger partial charge in [0.05, 0.1) is 24.5 Å². The van der Waals surface area contributed by atoms with E-state index in [1.165, 1.54) is 11.3 Å². The molecule has 14 heteroatoms. The van der Waals surface area contributed by atoms with Crippen LogP contribution in [0.15, 0.2) is 79.1 Å². The maximum Gasteiger partial charge on any atom is 0.328 e. The fraction of sp³-hybridized carbons (Fsp3) is 0.297. The highest BCUT2D eigenvalue weighted by Crippen LogP contribution is 2.26. The minimum atomic E-state index is -0.368. The topological polar surface area (TPSA) is 150 Å². The van der Waals surface area contributed by atoms with Crippen LogP contribution in [0.5, 0.6) is 0 Å². The summed E-state index contributed by atoms with van der Waals surface area (Å²) >= 11 is 0. The van der Waals surface area contributed by atoms with Crippen molar-refractivity contribution in [2.45, 2.75) is 32.5 Å². The fourth-order valence-corrected chi connectivity index (χ4v) is 6.99. The summed E-state index contributed by atoms with van der Waals surface area (Å²) in [6.07, 6.45) is 3.74. The van der Waals surface area contributed by atoms with Crippen LogP contribution in [0.25, 0.3) is 11.0 Å². The van der Waals surface area contributed by atoms with E-state index in [2.05, 4.69) is 72.2 Å². The van der Waals surface area contributed by atoms with Gasteiger partial charge in [0.25, 0.3) is 11.8 Å². The van der Waals surface area contributed by atoms with Crippen LogP contribution in [-0.4, -0.2) is 87.3 Å². The molecular formula is C37H38N10O4. The van der Waals surface area contributed by atoms with Gasteiger partial charge in [-0.3, -0.25) is 34.2 Å². The van der Waals surface area contributed by atoms with Crippen molar-refractivity contribution in [2.75, 3.05) is 54.4 Å². The number of carbonyl (C=O) groups is 4. The minimum absolute atomic E-state index is 0.0361. The number of aromatic nitrogens is 4. The second-order valence-corrected chi connectivity index (χ2v) is 13.3. The van der Waals surface area contributed by atoms with E-state index < -0.39 is 0 Å². The maximum atomic E-state index is 13.1. The van der Waals surface area contributed by atoms with E-state index in [0.29, 0.717) is 43.1 Å². The van der Waals surface area contributed by atoms with E-state index in [-0.39, 0.29) is 35.5 Å². The number of benzene rings is 2. The molecule has 0 spiro atoms. The molecule has 0 saturated carbocycles. The molecule has 5 amide bonds. The first-order valence-electron chi connectivity index (χ1n) is 17.2. The van der Waals surface area contributed by atoms with E-state index in [0.717, 1.165) is 49.4 Å². The number of pyridine rings is 1. The lowest BCUT2D eigenvalue weighted by Gasteiger charge is -2.36. The molecule has 51 heavy (non-hydrogen) atoms. The molecule has 260 valence electrons. The highest BCUT2D eigenvalue weighted by molar-refractivity contribution is 6.06. The summed E-state index contributed by atoms with van der Waals surface area (Å²) in [6, 6.07) is 21.5. The number of carbonyl (C=O) groups excluding carboxylic acids is 4. The molecule has 1 atom stereocenters. The summed E-state index contributed by atoms with van der Waals surface area (Å²) < 4.78 is 3.68. The number of imide groups is 1. The van der Waals surface area contributed by atoms with Crippen LogP contribution >= 0.6 is 0 Å². The molecule has 3 aliphatic heterocycles. The molecule has 14 nitrogen and oxygen atoms in total. The van der Waals surface area contributed by atoms with Gasteiger partial charge in [-0.15, -0.1) is 0 Å². The molecule has 3 aromatic heterocycles. The van der Waals surface area contributed by atoms with Gasteiger partial charge in [-0.05, 0) is 60.5 Å². The summed E-state index contributed by atoms with van der Waals surface area (Å²) in [4.78, 5) is 60.1. The number of nitrogens with zero attached hydrogens (tertiary/aromatic N) is 7. The SMILES string of the molecule is C[C@@H]1CNC(=O)c2cc3ccc(C(=O)Nc4cnn(Cc5ccc(N6CCN(Cc7ccc(N8CCC(=O)NC8=O)cc7)CC6)cc5)c4)nc3n21. The molecule has 0 bridgehead atoms. The third kappa shape index (κ3) is 6.65. The summed E-state index contributed by atoms with van der Waals surface area (Å²) in [6.45, 7) is 8.04. The zero-order valence-corrected chi connectivity index (χ0v) is 28.2. The quantitative estimate of drug-likeness (QED) is 0.224. The average Bonchev–Trinajstić information content (AvgIpc) is 3.75. The molecule has 3 N–H and O–H groups in total. The Kier molecular flexibility index (Phi) is 8.44. The average molecular weight is 687 g/mol. The molecule has 8 rings (SSSR count). The summed E-state index contributed by atoms with van der Waals surface area (Å²) in [5, 5.41) is 13.4. The molecule has 0 unspecified atom stereocenters. The Morgan fingerprint density at radius 2 is 1.61 bits per heavy atom. The van der Waals surface area contributed by atoms with Crippen molar-refractivity contribution in [3.8, 4) is 0 Å². The van der Waals surface area contributed by atoms with E-state index in [1.54, 1.807) is 28.0 Å². The second-order valence-electron chi connectivity index (χ2n) is 13.3. The standard InChI is InChI=1S/C37H38N10O4/c1-24-19-38-36(50)32-18-27-6-11-31(41-34(27)47(24)32)35(49)40-28-20-39-45(23-28)22-26-2-7-29(8-3-26)44-16-14-43(15-17-44)21-25-4-9-30(10-5-25)46-13-12-33(48)42-37(46)51/h2-11,18,20,23-24H,12-17,19,21-22H2,1H3,(H,38,50)(H,40,49)(H,42,48,51)/t24-/m1/s1. The molecular weight excluding hydrogens is 648 g/mol. The summed E-state index contributed by atoms with van der Waals surface area (Å²) in [7, 11) is 0. The maximum absolute atomic E-state index is 13.1. The van der Waals surface area contributed by atoms with Gasteiger partial charge in [0.1, 0.15) is 17.0 Å². The van der Waals surface area contributed by atoms with Crippen LogP contribution in [0, 0.1) is 0 Å². The van der Waals surface area contributed by atoms with Crippen molar-refractivity contribution in [3.63, 3.8) is 0 Å². The van der Waals surface area contributed by atoms with Gasteiger partial charge in [-0.1, -0.05) is 24.3 Å². The zero-order chi connectivity index (χ0) is 35.1. The van der Waals surface area contributed by atoms with Gasteiger partial charge < -0.3 is 20.1 Å². The number of piperazine rings is 1. The van der Waals surface area contributed by atoms with Gasteiger partial charge in [0, 0.05) is 75.2 Å². The number of nitrogens with one attached hydrogen (secondary N) is 3. The number of rotatable bonds is 8. The van der Waals surface area contributed by atoms with Crippen molar-refractivity contribution in [1.29, 1.82) is 0 Å². The Balaban J connectivity index is 0.825. The Morgan fingerprint density at radius 1 is 0.882 bits per heavy atom. The van der Waals surface area contributed by atoms with Gasteiger partial charge in [0.2, 0.25) is 5.91 Å². The van der Waals surface area contributed by atoms with E-state index in [1.807, 2.05) is 35.8 Å². The van der Waals surface area contributed by atoms with Crippen LogP contribution in [0.1, 0.15) is 51.5 Å². The van der Waals surface area contributed by atoms with E-state index in [9.17, 15) is 19.2 Å². The van der Waals surface area contributed by atoms with Crippen molar-refractivity contribution in [1.82, 2.24) is 34.9 Å². The van der Waals surface area contributed by atoms with Crippen LogP contribution in [-0.2, 0) is 17.9 Å². The number of urea groups is 1. The number of anilines is 3. The molecule has 2 saturated heterocycles. The smallest absolute Gasteiger partial charge is 0.328 e. The van der Waals surface area contributed by atoms with Gasteiger partial charge in [-0.2, -0.15) is 5.10 Å². The molecule has 6 heterocycles. The first-order valence-corrected chi connectivity index (χ1v) is 17.2. The molecule has 5 aromatic rings. The summed E-state index contributed by atoms with van der Waals surface area (Å²) in [5.74, 6) is -0.711. The number of fused-ring (bicyclic) bond motifs is 3. The van der Waals surface area contributed by atoms with Gasteiger partial charge in [-0.25, -0.2) is 9.78 Å². The predicted molar refractivity (Wildman–Crippen MR) is 192 cm³/mol. The van der Waals surface area contributed by atoms with Crippen LogP contribution in [0.2, 0.25) is 0 Å². The normalized spacial score (nSPS) is 18.1.